The summed E-state index contributed by atoms with van der Waals surface area (Å²) in [5, 5.41) is 30.8. The Morgan fingerprint density at radius 1 is 1.29 bits per heavy atom. The number of hydrogen-bond donors (Lipinski definition) is 3. The van der Waals surface area contributed by atoms with Crippen LogP contribution in [0.5, 0.6) is 23.0 Å². The number of fused-ring (bicyclic) bond motifs is 2. The Bertz CT molecular complexity index is 912. The standard InChI is InChI=1S/C21H24O7/c1-11-7-12-10-27-20(24)17-16(28-18(12)14(22)8-11)6-5-13(19(17)26-4)15(23)9-21(2,3)25/h5-8,15,22-23,25H,9-10H2,1-4H3/t15-/m1/s1. The number of aryl methyl sites for hydroxylation is 1. The van der Waals surface area contributed by atoms with Crippen molar-refractivity contribution in [1.29, 1.82) is 0 Å². The van der Waals surface area contributed by atoms with Gasteiger partial charge in [-0.3, -0.25) is 0 Å². The molecule has 28 heavy (non-hydrogen) atoms. The summed E-state index contributed by atoms with van der Waals surface area (Å²) in [6.07, 6.45) is -1.03. The predicted molar refractivity (Wildman–Crippen MR) is 101 cm³/mol. The van der Waals surface area contributed by atoms with Crippen LogP contribution in [0.2, 0.25) is 0 Å². The molecule has 1 atom stereocenters. The zero-order valence-corrected chi connectivity index (χ0v) is 16.3. The van der Waals surface area contributed by atoms with E-state index in [2.05, 4.69) is 0 Å². The highest BCUT2D eigenvalue weighted by Gasteiger charge is 2.31. The number of carbonyl (C=O) groups is 1. The molecule has 0 radical (unpaired) electrons. The number of ether oxygens (including phenoxy) is 3. The van der Waals surface area contributed by atoms with Crippen LogP contribution in [0.1, 0.15) is 53.4 Å². The fourth-order valence-electron chi connectivity index (χ4n) is 3.30. The second-order valence-corrected chi connectivity index (χ2v) is 7.54. The molecule has 2 aromatic carbocycles. The second-order valence-electron chi connectivity index (χ2n) is 7.54. The van der Waals surface area contributed by atoms with Crippen LogP contribution in [0.4, 0.5) is 0 Å². The molecule has 0 fully saturated rings. The van der Waals surface area contributed by atoms with Gasteiger partial charge < -0.3 is 29.5 Å². The molecule has 0 bridgehead atoms. The van der Waals surface area contributed by atoms with E-state index in [9.17, 15) is 20.1 Å². The van der Waals surface area contributed by atoms with Crippen molar-refractivity contribution in [3.05, 3.63) is 46.5 Å². The number of carbonyl (C=O) groups excluding carboxylic acids is 1. The SMILES string of the molecule is COc1c([C@H](O)CC(C)(C)O)ccc2c1C(=O)OCc1cc(C)cc(O)c1O2. The molecule has 0 saturated carbocycles. The van der Waals surface area contributed by atoms with Crippen molar-refractivity contribution in [3.63, 3.8) is 0 Å². The number of rotatable bonds is 4. The fourth-order valence-corrected chi connectivity index (χ4v) is 3.30. The molecule has 3 N–H and O–H groups in total. The van der Waals surface area contributed by atoms with Gasteiger partial charge in [0, 0.05) is 17.5 Å². The maximum absolute atomic E-state index is 12.7. The number of phenols is 1. The Hall–Kier alpha value is -2.77. The number of phenolic OH excluding ortho intramolecular Hbond substituents is 1. The highest BCUT2D eigenvalue weighted by atomic mass is 16.5. The number of cyclic esters (lactones) is 1. The largest absolute Gasteiger partial charge is 0.504 e. The lowest BCUT2D eigenvalue weighted by Crippen LogP contribution is -2.23. The first-order valence-corrected chi connectivity index (χ1v) is 8.89. The van der Waals surface area contributed by atoms with Crippen LogP contribution < -0.4 is 9.47 Å². The van der Waals surface area contributed by atoms with Gasteiger partial charge in [-0.25, -0.2) is 4.79 Å². The molecule has 0 aliphatic carbocycles. The van der Waals surface area contributed by atoms with Crippen molar-refractivity contribution >= 4 is 5.97 Å². The first kappa shape index (κ1) is 20.0. The molecule has 1 aliphatic rings. The molecular weight excluding hydrogens is 364 g/mol. The summed E-state index contributed by atoms with van der Waals surface area (Å²) in [6.45, 7) is 4.89. The summed E-state index contributed by atoms with van der Waals surface area (Å²) >= 11 is 0. The molecule has 150 valence electrons. The van der Waals surface area contributed by atoms with Crippen molar-refractivity contribution < 1.29 is 34.3 Å². The summed E-state index contributed by atoms with van der Waals surface area (Å²) in [5.74, 6) is -0.290. The zero-order valence-electron chi connectivity index (χ0n) is 16.3. The third-order valence-electron chi connectivity index (χ3n) is 4.47. The zero-order chi connectivity index (χ0) is 20.6. The first-order chi connectivity index (χ1) is 13.1. The Balaban J connectivity index is 2.12. The first-order valence-electron chi connectivity index (χ1n) is 8.89. The van der Waals surface area contributed by atoms with Crippen molar-refractivity contribution in [2.24, 2.45) is 0 Å². The van der Waals surface area contributed by atoms with Gasteiger partial charge in [0.15, 0.2) is 11.5 Å². The third kappa shape index (κ3) is 3.90. The molecule has 2 aromatic rings. The topological polar surface area (TPSA) is 105 Å². The van der Waals surface area contributed by atoms with E-state index >= 15 is 0 Å². The molecule has 0 amide bonds. The lowest BCUT2D eigenvalue weighted by Gasteiger charge is -2.25. The van der Waals surface area contributed by atoms with Crippen molar-refractivity contribution in [2.45, 2.75) is 45.5 Å². The van der Waals surface area contributed by atoms with Gasteiger partial charge in [0.25, 0.3) is 0 Å². The molecule has 0 aromatic heterocycles. The Labute approximate surface area is 163 Å². The van der Waals surface area contributed by atoms with Crippen LogP contribution in [-0.2, 0) is 11.3 Å². The summed E-state index contributed by atoms with van der Waals surface area (Å²) in [7, 11) is 1.37. The molecule has 0 unspecified atom stereocenters. The molecule has 1 aliphatic heterocycles. The van der Waals surface area contributed by atoms with Crippen molar-refractivity contribution in [2.75, 3.05) is 7.11 Å². The average Bonchev–Trinajstić information content (AvgIpc) is 2.58. The van der Waals surface area contributed by atoms with Gasteiger partial charge >= 0.3 is 5.97 Å². The second kappa shape index (κ2) is 7.33. The minimum Gasteiger partial charge on any atom is -0.504 e. The predicted octanol–water partition coefficient (Wildman–Crippen LogP) is 3.37. The molecule has 7 heteroatoms. The molecule has 0 saturated heterocycles. The average molecular weight is 388 g/mol. The highest BCUT2D eigenvalue weighted by molar-refractivity contribution is 5.96. The summed E-state index contributed by atoms with van der Waals surface area (Å²) in [5.41, 5.74) is 0.577. The fraction of sp³-hybridized carbons (Fsp3) is 0.381. The van der Waals surface area contributed by atoms with Gasteiger partial charge in [-0.1, -0.05) is 0 Å². The number of aliphatic hydroxyl groups excluding tert-OH is 1. The number of esters is 1. The van der Waals surface area contributed by atoms with E-state index < -0.39 is 17.7 Å². The van der Waals surface area contributed by atoms with E-state index in [1.54, 1.807) is 32.0 Å². The monoisotopic (exact) mass is 388 g/mol. The quantitative estimate of drug-likeness (QED) is 0.690. The number of aromatic hydroxyl groups is 1. The maximum atomic E-state index is 12.7. The number of hydrogen-bond acceptors (Lipinski definition) is 7. The summed E-state index contributed by atoms with van der Waals surface area (Å²) < 4.78 is 16.6. The normalized spacial score (nSPS) is 14.7. The Kier molecular flexibility index (Phi) is 5.23. The van der Waals surface area contributed by atoms with Crippen LogP contribution >= 0.6 is 0 Å². The van der Waals surface area contributed by atoms with Crippen LogP contribution in [0.3, 0.4) is 0 Å². The third-order valence-corrected chi connectivity index (χ3v) is 4.47. The van der Waals surface area contributed by atoms with Gasteiger partial charge in [-0.2, -0.15) is 0 Å². The summed E-state index contributed by atoms with van der Waals surface area (Å²) in [4.78, 5) is 12.7. The van der Waals surface area contributed by atoms with Crippen molar-refractivity contribution in [1.82, 2.24) is 0 Å². The highest BCUT2D eigenvalue weighted by Crippen LogP contribution is 2.44. The molecule has 0 spiro atoms. The Morgan fingerprint density at radius 3 is 2.64 bits per heavy atom. The maximum Gasteiger partial charge on any atom is 0.346 e. The molecule has 7 nitrogen and oxygen atoms in total. The number of benzene rings is 2. The molecular formula is C21H24O7. The van der Waals surface area contributed by atoms with Crippen LogP contribution in [0, 0.1) is 6.92 Å². The van der Waals surface area contributed by atoms with Crippen LogP contribution in [0.15, 0.2) is 24.3 Å². The van der Waals surface area contributed by atoms with E-state index in [0.717, 1.165) is 5.56 Å². The minimum atomic E-state index is -1.12. The van der Waals surface area contributed by atoms with Crippen LogP contribution in [0.25, 0.3) is 0 Å². The van der Waals surface area contributed by atoms with Gasteiger partial charge in [0.1, 0.15) is 23.7 Å². The van der Waals surface area contributed by atoms with Gasteiger partial charge in [-0.05, 0) is 50.6 Å². The van der Waals surface area contributed by atoms with Gasteiger partial charge in [-0.15, -0.1) is 0 Å². The van der Waals surface area contributed by atoms with E-state index in [1.807, 2.05) is 6.92 Å². The van der Waals surface area contributed by atoms with Crippen molar-refractivity contribution in [3.8, 4) is 23.0 Å². The van der Waals surface area contributed by atoms with Gasteiger partial charge in [0.2, 0.25) is 0 Å². The molecule has 1 heterocycles. The number of aliphatic hydroxyl groups is 2. The smallest absolute Gasteiger partial charge is 0.346 e. The molecule has 3 rings (SSSR count). The van der Waals surface area contributed by atoms with E-state index in [4.69, 9.17) is 14.2 Å². The number of methoxy groups -OCH3 is 1. The Morgan fingerprint density at radius 2 is 2.00 bits per heavy atom. The lowest BCUT2D eigenvalue weighted by molar-refractivity contribution is 0.0171. The van der Waals surface area contributed by atoms with E-state index in [1.165, 1.54) is 13.2 Å². The van der Waals surface area contributed by atoms with Gasteiger partial charge in [0.05, 0.1) is 18.8 Å². The lowest BCUT2D eigenvalue weighted by atomic mass is 9.94. The van der Waals surface area contributed by atoms with Crippen LogP contribution in [-0.4, -0.2) is 34.0 Å². The summed E-state index contributed by atoms with van der Waals surface area (Å²) in [6, 6.07) is 6.40. The van der Waals surface area contributed by atoms with E-state index in [0.29, 0.717) is 11.1 Å². The minimum absolute atomic E-state index is 0.0143. The van der Waals surface area contributed by atoms with E-state index in [-0.39, 0.29) is 41.6 Å².